The molecule has 0 spiro atoms. The van der Waals surface area contributed by atoms with Crippen molar-refractivity contribution in [1.82, 2.24) is 0 Å². The van der Waals surface area contributed by atoms with Gasteiger partial charge in [-0.25, -0.2) is 0 Å². The highest BCUT2D eigenvalue weighted by atomic mass is 35.5. The molecule has 0 aliphatic carbocycles. The summed E-state index contributed by atoms with van der Waals surface area (Å²) in [5, 5.41) is 1.75. The van der Waals surface area contributed by atoms with Crippen LogP contribution in [0.4, 0.5) is 0 Å². The van der Waals surface area contributed by atoms with Crippen molar-refractivity contribution in [3.05, 3.63) is 70.4 Å². The van der Waals surface area contributed by atoms with Gasteiger partial charge in [-0.15, -0.1) is 0 Å². The van der Waals surface area contributed by atoms with E-state index in [1.807, 2.05) is 55.5 Å². The van der Waals surface area contributed by atoms with Crippen LogP contribution in [0.1, 0.15) is 22.9 Å². The van der Waals surface area contributed by atoms with Gasteiger partial charge in [0.05, 0.1) is 6.04 Å². The number of furan rings is 1. The molecule has 1 aromatic heterocycles. The Hall–Kier alpha value is -1.77. The number of nitrogens with two attached hydrogens (primary N) is 1. The molecular weight excluding hydrogens is 258 g/mol. The molecule has 2 nitrogen and oxygen atoms in total. The Balaban J connectivity index is 2.07. The van der Waals surface area contributed by atoms with Gasteiger partial charge in [0.2, 0.25) is 0 Å². The van der Waals surface area contributed by atoms with E-state index in [4.69, 9.17) is 21.8 Å². The Labute approximate surface area is 116 Å². The highest BCUT2D eigenvalue weighted by molar-refractivity contribution is 6.30. The molecule has 0 fully saturated rings. The first-order valence-corrected chi connectivity index (χ1v) is 6.53. The predicted molar refractivity (Wildman–Crippen MR) is 78.4 cm³/mol. The number of aryl methyl sites for hydroxylation is 1. The maximum atomic E-state index is 6.30. The van der Waals surface area contributed by atoms with Crippen LogP contribution in [0.5, 0.6) is 0 Å². The minimum atomic E-state index is -0.300. The van der Waals surface area contributed by atoms with Gasteiger partial charge in [-0.2, -0.15) is 0 Å². The lowest BCUT2D eigenvalue weighted by molar-refractivity contribution is 0.524. The van der Waals surface area contributed by atoms with E-state index in [0.717, 1.165) is 27.9 Å². The second-order valence-electron chi connectivity index (χ2n) is 4.67. The fourth-order valence-corrected chi connectivity index (χ4v) is 2.44. The summed E-state index contributed by atoms with van der Waals surface area (Å²) in [5.74, 6) is 0.756. The van der Waals surface area contributed by atoms with E-state index < -0.39 is 0 Å². The molecule has 2 N–H and O–H groups in total. The van der Waals surface area contributed by atoms with Gasteiger partial charge in [-0.05, 0) is 42.3 Å². The van der Waals surface area contributed by atoms with Gasteiger partial charge in [-0.3, -0.25) is 0 Å². The SMILES string of the molecule is Cc1ccc(Cl)cc1C(N)c1cc2ccccc2o1. The molecule has 1 heterocycles. The smallest absolute Gasteiger partial charge is 0.134 e. The number of hydrogen-bond acceptors (Lipinski definition) is 2. The van der Waals surface area contributed by atoms with Gasteiger partial charge in [0.25, 0.3) is 0 Å². The molecule has 3 aromatic rings. The molecule has 0 saturated heterocycles. The van der Waals surface area contributed by atoms with Crippen molar-refractivity contribution < 1.29 is 4.42 Å². The minimum absolute atomic E-state index is 0.300. The van der Waals surface area contributed by atoms with Gasteiger partial charge in [0, 0.05) is 10.4 Å². The van der Waals surface area contributed by atoms with Crippen LogP contribution in [-0.2, 0) is 0 Å². The number of halogens is 1. The quantitative estimate of drug-likeness (QED) is 0.748. The zero-order valence-electron chi connectivity index (χ0n) is 10.6. The van der Waals surface area contributed by atoms with E-state index in [2.05, 4.69) is 0 Å². The van der Waals surface area contributed by atoms with Crippen molar-refractivity contribution in [2.45, 2.75) is 13.0 Å². The lowest BCUT2D eigenvalue weighted by Gasteiger charge is -2.12. The van der Waals surface area contributed by atoms with E-state index in [1.54, 1.807) is 0 Å². The third-order valence-electron chi connectivity index (χ3n) is 3.33. The third kappa shape index (κ3) is 2.25. The molecule has 0 radical (unpaired) electrons. The lowest BCUT2D eigenvalue weighted by Crippen LogP contribution is -2.12. The molecule has 2 aromatic carbocycles. The van der Waals surface area contributed by atoms with Gasteiger partial charge in [-0.1, -0.05) is 35.9 Å². The monoisotopic (exact) mass is 271 g/mol. The highest BCUT2D eigenvalue weighted by Gasteiger charge is 2.16. The Morgan fingerprint density at radius 2 is 1.89 bits per heavy atom. The maximum Gasteiger partial charge on any atom is 0.134 e. The fraction of sp³-hybridized carbons (Fsp3) is 0.125. The van der Waals surface area contributed by atoms with Crippen LogP contribution < -0.4 is 5.73 Å². The Kier molecular flexibility index (Phi) is 3.05. The fourth-order valence-electron chi connectivity index (χ4n) is 2.26. The number of rotatable bonds is 2. The number of benzene rings is 2. The number of para-hydroxylation sites is 1. The van der Waals surface area contributed by atoms with E-state index in [-0.39, 0.29) is 6.04 Å². The normalized spacial score (nSPS) is 12.8. The standard InChI is InChI=1S/C16H14ClNO/c1-10-6-7-12(17)9-13(10)16(18)15-8-11-4-2-3-5-14(11)19-15/h2-9,16H,18H2,1H3. The first kappa shape index (κ1) is 12.3. The third-order valence-corrected chi connectivity index (χ3v) is 3.56. The van der Waals surface area contributed by atoms with Gasteiger partial charge in [0.15, 0.2) is 0 Å². The molecule has 0 aliphatic rings. The predicted octanol–water partition coefficient (Wildman–Crippen LogP) is 4.44. The molecule has 3 heteroatoms. The number of hydrogen-bond donors (Lipinski definition) is 1. The van der Waals surface area contributed by atoms with Gasteiger partial charge in [0.1, 0.15) is 11.3 Å². The van der Waals surface area contributed by atoms with E-state index >= 15 is 0 Å². The van der Waals surface area contributed by atoms with Crippen molar-refractivity contribution in [2.24, 2.45) is 5.73 Å². The summed E-state index contributed by atoms with van der Waals surface area (Å²) in [6, 6.07) is 15.3. The van der Waals surface area contributed by atoms with Crippen molar-refractivity contribution in [1.29, 1.82) is 0 Å². The summed E-state index contributed by atoms with van der Waals surface area (Å²) < 4.78 is 5.81. The van der Waals surface area contributed by atoms with Crippen LogP contribution in [0.3, 0.4) is 0 Å². The second kappa shape index (κ2) is 4.72. The Bertz CT molecular complexity index is 699. The van der Waals surface area contributed by atoms with Crippen LogP contribution in [0.25, 0.3) is 11.0 Å². The highest BCUT2D eigenvalue weighted by Crippen LogP contribution is 2.29. The molecule has 0 aliphatic heterocycles. The summed E-state index contributed by atoms with van der Waals surface area (Å²) in [5.41, 5.74) is 9.25. The van der Waals surface area contributed by atoms with Crippen molar-refractivity contribution in [2.75, 3.05) is 0 Å². The van der Waals surface area contributed by atoms with Crippen LogP contribution in [0.2, 0.25) is 5.02 Å². The van der Waals surface area contributed by atoms with Crippen molar-refractivity contribution in [3.63, 3.8) is 0 Å². The summed E-state index contributed by atoms with van der Waals surface area (Å²) in [7, 11) is 0. The molecule has 3 rings (SSSR count). The zero-order valence-corrected chi connectivity index (χ0v) is 11.3. The first-order valence-electron chi connectivity index (χ1n) is 6.15. The average molecular weight is 272 g/mol. The topological polar surface area (TPSA) is 39.2 Å². The first-order chi connectivity index (χ1) is 9.15. The summed E-state index contributed by atoms with van der Waals surface area (Å²) in [4.78, 5) is 0. The van der Waals surface area contributed by atoms with Crippen LogP contribution in [0, 0.1) is 6.92 Å². The second-order valence-corrected chi connectivity index (χ2v) is 5.10. The van der Waals surface area contributed by atoms with Gasteiger partial charge >= 0.3 is 0 Å². The minimum Gasteiger partial charge on any atom is -0.459 e. The summed E-state index contributed by atoms with van der Waals surface area (Å²) in [6.07, 6.45) is 0. The summed E-state index contributed by atoms with van der Waals surface area (Å²) >= 11 is 6.04. The Morgan fingerprint density at radius 3 is 2.68 bits per heavy atom. The van der Waals surface area contributed by atoms with E-state index in [9.17, 15) is 0 Å². The lowest BCUT2D eigenvalue weighted by atomic mass is 10.00. The molecule has 0 amide bonds. The van der Waals surface area contributed by atoms with Gasteiger partial charge < -0.3 is 10.2 Å². The maximum absolute atomic E-state index is 6.30. The van der Waals surface area contributed by atoms with Crippen molar-refractivity contribution in [3.8, 4) is 0 Å². The molecule has 1 atom stereocenters. The van der Waals surface area contributed by atoms with Crippen LogP contribution >= 0.6 is 11.6 Å². The van der Waals surface area contributed by atoms with Crippen molar-refractivity contribution >= 4 is 22.6 Å². The zero-order chi connectivity index (χ0) is 13.4. The van der Waals surface area contributed by atoms with E-state index in [0.29, 0.717) is 5.02 Å². The van der Waals surface area contributed by atoms with Crippen LogP contribution in [-0.4, -0.2) is 0 Å². The average Bonchev–Trinajstić information content (AvgIpc) is 2.84. The summed E-state index contributed by atoms with van der Waals surface area (Å²) in [6.45, 7) is 2.02. The molecule has 96 valence electrons. The number of fused-ring (bicyclic) bond motifs is 1. The Morgan fingerprint density at radius 1 is 1.11 bits per heavy atom. The molecule has 1 unspecified atom stereocenters. The van der Waals surface area contributed by atoms with Crippen LogP contribution in [0.15, 0.2) is 52.9 Å². The van der Waals surface area contributed by atoms with E-state index in [1.165, 1.54) is 0 Å². The molecular formula is C16H14ClNO. The molecule has 0 bridgehead atoms. The largest absolute Gasteiger partial charge is 0.459 e. The molecule has 19 heavy (non-hydrogen) atoms. The molecule has 0 saturated carbocycles.